The summed E-state index contributed by atoms with van der Waals surface area (Å²) in [6.45, 7) is 10.0. The molecule has 1 aromatic carbocycles. The van der Waals surface area contributed by atoms with Gasteiger partial charge in [-0.3, -0.25) is 0 Å². The van der Waals surface area contributed by atoms with Crippen molar-refractivity contribution >= 4 is 6.08 Å². The van der Waals surface area contributed by atoms with E-state index in [4.69, 9.17) is 0 Å². The van der Waals surface area contributed by atoms with Crippen molar-refractivity contribution in [1.29, 1.82) is 0 Å². The molecule has 0 unspecified atom stereocenters. The van der Waals surface area contributed by atoms with Crippen molar-refractivity contribution in [2.75, 3.05) is 0 Å². The molecule has 0 atom stereocenters. The second-order valence-corrected chi connectivity index (χ2v) is 2.30. The van der Waals surface area contributed by atoms with Crippen LogP contribution in [0.25, 0.3) is 6.08 Å². The molecule has 0 aliphatic rings. The summed E-state index contributed by atoms with van der Waals surface area (Å²) >= 11 is 0. The van der Waals surface area contributed by atoms with Crippen molar-refractivity contribution < 1.29 is 0 Å². The molecular weight excluding hydrogens is 180 g/mol. The molecule has 0 aliphatic carbocycles. The van der Waals surface area contributed by atoms with Crippen LogP contribution in [0.2, 0.25) is 0 Å². The van der Waals surface area contributed by atoms with E-state index in [0.717, 1.165) is 0 Å². The maximum absolute atomic E-state index is 2.08. The number of benzene rings is 1. The molecule has 0 fully saturated rings. The van der Waals surface area contributed by atoms with E-state index in [1.165, 1.54) is 5.56 Å². The SMILES string of the molecule is C/C=C\C=C/c1ccccc1.CC.CC. The van der Waals surface area contributed by atoms with Crippen LogP contribution in [-0.4, -0.2) is 0 Å². The monoisotopic (exact) mass is 204 g/mol. The molecule has 0 amide bonds. The Morgan fingerprint density at radius 1 is 0.800 bits per heavy atom. The van der Waals surface area contributed by atoms with E-state index in [-0.39, 0.29) is 0 Å². The van der Waals surface area contributed by atoms with Gasteiger partial charge in [0.1, 0.15) is 0 Å². The third-order valence-electron chi connectivity index (χ3n) is 1.39. The number of hydrogen-bond acceptors (Lipinski definition) is 0. The predicted molar refractivity (Wildman–Crippen MR) is 73.0 cm³/mol. The van der Waals surface area contributed by atoms with Gasteiger partial charge in [0.2, 0.25) is 0 Å². The van der Waals surface area contributed by atoms with Crippen molar-refractivity contribution in [1.82, 2.24) is 0 Å². The molecule has 0 radical (unpaired) electrons. The first-order valence-electron chi connectivity index (χ1n) is 5.78. The van der Waals surface area contributed by atoms with Crippen molar-refractivity contribution in [2.24, 2.45) is 0 Å². The van der Waals surface area contributed by atoms with E-state index < -0.39 is 0 Å². The largest absolute Gasteiger partial charge is 0.0877 e. The van der Waals surface area contributed by atoms with Gasteiger partial charge in [-0.1, -0.05) is 82.3 Å². The van der Waals surface area contributed by atoms with Gasteiger partial charge < -0.3 is 0 Å². The highest BCUT2D eigenvalue weighted by Gasteiger charge is 1.78. The van der Waals surface area contributed by atoms with E-state index in [9.17, 15) is 0 Å². The highest BCUT2D eigenvalue weighted by molar-refractivity contribution is 5.50. The molecule has 0 aromatic heterocycles. The Kier molecular flexibility index (Phi) is 16.3. The zero-order valence-electron chi connectivity index (χ0n) is 10.7. The fourth-order valence-electron chi connectivity index (χ4n) is 0.842. The summed E-state index contributed by atoms with van der Waals surface area (Å²) in [6, 6.07) is 10.3. The Labute approximate surface area is 95.3 Å². The Morgan fingerprint density at radius 3 is 1.80 bits per heavy atom. The Bertz CT molecular complexity index is 242. The summed E-state index contributed by atoms with van der Waals surface area (Å²) in [5, 5.41) is 0. The van der Waals surface area contributed by atoms with Gasteiger partial charge in [-0.25, -0.2) is 0 Å². The van der Waals surface area contributed by atoms with E-state index in [0.29, 0.717) is 0 Å². The lowest BCUT2D eigenvalue weighted by Gasteiger charge is -1.87. The summed E-state index contributed by atoms with van der Waals surface area (Å²) in [5.41, 5.74) is 1.24. The normalized spacial score (nSPS) is 9.13. The summed E-state index contributed by atoms with van der Waals surface area (Å²) in [5.74, 6) is 0. The molecule has 0 heteroatoms. The van der Waals surface area contributed by atoms with Gasteiger partial charge >= 0.3 is 0 Å². The molecule has 0 aliphatic heterocycles. The van der Waals surface area contributed by atoms with Gasteiger partial charge in [0.05, 0.1) is 0 Å². The van der Waals surface area contributed by atoms with Crippen LogP contribution in [0.1, 0.15) is 40.2 Å². The highest BCUT2D eigenvalue weighted by Crippen LogP contribution is 2.00. The summed E-state index contributed by atoms with van der Waals surface area (Å²) in [7, 11) is 0. The second kappa shape index (κ2) is 15.2. The Hall–Kier alpha value is -1.30. The molecule has 0 bridgehead atoms. The lowest BCUT2D eigenvalue weighted by atomic mass is 10.2. The molecule has 0 saturated carbocycles. The van der Waals surface area contributed by atoms with Crippen LogP contribution in [-0.2, 0) is 0 Å². The minimum absolute atomic E-state index is 1.24. The zero-order chi connectivity index (χ0) is 11.9. The van der Waals surface area contributed by atoms with Gasteiger partial charge in [-0.15, -0.1) is 0 Å². The van der Waals surface area contributed by atoms with E-state index in [2.05, 4.69) is 18.2 Å². The maximum atomic E-state index is 2.08. The first kappa shape index (κ1) is 16.1. The second-order valence-electron chi connectivity index (χ2n) is 2.30. The highest BCUT2D eigenvalue weighted by atomic mass is 13.8. The lowest BCUT2D eigenvalue weighted by Crippen LogP contribution is -1.66. The third kappa shape index (κ3) is 10.6. The fourth-order valence-corrected chi connectivity index (χ4v) is 0.842. The van der Waals surface area contributed by atoms with Gasteiger partial charge in [-0.2, -0.15) is 0 Å². The first-order chi connectivity index (χ1) is 7.43. The van der Waals surface area contributed by atoms with Gasteiger partial charge in [0, 0.05) is 0 Å². The Balaban J connectivity index is 0. The summed E-state index contributed by atoms with van der Waals surface area (Å²) in [4.78, 5) is 0. The van der Waals surface area contributed by atoms with Crippen LogP contribution in [0.5, 0.6) is 0 Å². The smallest absolute Gasteiger partial charge is 0.0257 e. The molecular formula is C15H24. The van der Waals surface area contributed by atoms with Crippen LogP contribution in [0.4, 0.5) is 0 Å². The summed E-state index contributed by atoms with van der Waals surface area (Å²) < 4.78 is 0. The predicted octanol–water partition coefficient (Wildman–Crippen LogP) is 5.33. The Morgan fingerprint density at radius 2 is 1.33 bits per heavy atom. The molecule has 1 aromatic rings. The molecule has 0 nitrogen and oxygen atoms in total. The van der Waals surface area contributed by atoms with Crippen molar-refractivity contribution in [3.05, 3.63) is 54.1 Å². The number of allylic oxidation sites excluding steroid dienone is 3. The third-order valence-corrected chi connectivity index (χ3v) is 1.39. The quantitative estimate of drug-likeness (QED) is 0.571. The van der Waals surface area contributed by atoms with Crippen molar-refractivity contribution in [2.45, 2.75) is 34.6 Å². The standard InChI is InChI=1S/C11H12.2C2H6/c1-2-3-5-8-11-9-6-4-7-10-11;2*1-2/h2-10H,1H3;2*1-2H3/b3-2-,8-5-;;. The van der Waals surface area contributed by atoms with Crippen molar-refractivity contribution in [3.8, 4) is 0 Å². The van der Waals surface area contributed by atoms with Gasteiger partial charge in [-0.05, 0) is 12.5 Å². The maximum Gasteiger partial charge on any atom is -0.0257 e. The van der Waals surface area contributed by atoms with Crippen molar-refractivity contribution in [3.63, 3.8) is 0 Å². The average Bonchev–Trinajstić information content (AvgIpc) is 2.36. The van der Waals surface area contributed by atoms with Crippen LogP contribution in [0.3, 0.4) is 0 Å². The number of rotatable bonds is 2. The van der Waals surface area contributed by atoms with E-state index in [1.807, 2.05) is 71.0 Å². The molecule has 0 heterocycles. The van der Waals surface area contributed by atoms with Gasteiger partial charge in [0.25, 0.3) is 0 Å². The lowest BCUT2D eigenvalue weighted by molar-refractivity contribution is 1.50. The molecule has 84 valence electrons. The zero-order valence-corrected chi connectivity index (χ0v) is 10.7. The minimum Gasteiger partial charge on any atom is -0.0877 e. The van der Waals surface area contributed by atoms with Crippen LogP contribution >= 0.6 is 0 Å². The fraction of sp³-hybridized carbons (Fsp3) is 0.333. The minimum atomic E-state index is 1.24. The first-order valence-corrected chi connectivity index (χ1v) is 5.78. The average molecular weight is 204 g/mol. The van der Waals surface area contributed by atoms with Crippen LogP contribution in [0, 0.1) is 0 Å². The van der Waals surface area contributed by atoms with Crippen LogP contribution in [0.15, 0.2) is 48.6 Å². The van der Waals surface area contributed by atoms with E-state index in [1.54, 1.807) is 0 Å². The molecule has 0 saturated heterocycles. The topological polar surface area (TPSA) is 0 Å². The van der Waals surface area contributed by atoms with Crippen LogP contribution < -0.4 is 0 Å². The molecule has 0 spiro atoms. The molecule has 15 heavy (non-hydrogen) atoms. The summed E-state index contributed by atoms with van der Waals surface area (Å²) in [6.07, 6.45) is 8.15. The van der Waals surface area contributed by atoms with Gasteiger partial charge in [0.15, 0.2) is 0 Å². The molecule has 1 rings (SSSR count). The number of hydrogen-bond donors (Lipinski definition) is 0. The van der Waals surface area contributed by atoms with E-state index >= 15 is 0 Å². The molecule has 0 N–H and O–H groups in total.